The molecule has 1 aliphatic rings. The lowest BCUT2D eigenvalue weighted by molar-refractivity contribution is -0.139. The molecule has 0 amide bonds. The van der Waals surface area contributed by atoms with Crippen molar-refractivity contribution in [1.82, 2.24) is 5.32 Å². The molecule has 92 valence electrons. The van der Waals surface area contributed by atoms with Gasteiger partial charge < -0.3 is 5.11 Å². The lowest BCUT2D eigenvalue weighted by Gasteiger charge is -2.29. The Kier molecular flexibility index (Phi) is 4.07. The molecule has 2 unspecified atom stereocenters. The van der Waals surface area contributed by atoms with E-state index in [1.165, 1.54) is 11.1 Å². The molecule has 1 aromatic carbocycles. The molecule has 0 saturated carbocycles. The lowest BCUT2D eigenvalue weighted by atomic mass is 10.0. The van der Waals surface area contributed by atoms with E-state index in [1.54, 1.807) is 11.8 Å². The molecule has 4 heteroatoms. The molecule has 1 fully saturated rings. The highest BCUT2D eigenvalue weighted by atomic mass is 32.2. The normalized spacial score (nSPS) is 24.5. The number of carboxylic acids is 1. The number of nitrogens with one attached hydrogen (secondary N) is 1. The van der Waals surface area contributed by atoms with E-state index in [0.717, 1.165) is 12.2 Å². The maximum Gasteiger partial charge on any atom is 0.320 e. The van der Waals surface area contributed by atoms with Gasteiger partial charge >= 0.3 is 5.97 Å². The second-order valence-electron chi connectivity index (χ2n) is 4.15. The topological polar surface area (TPSA) is 49.3 Å². The summed E-state index contributed by atoms with van der Waals surface area (Å²) in [5.74, 6) is 0.149. The Morgan fingerprint density at radius 1 is 1.53 bits per heavy atom. The molecule has 0 bridgehead atoms. The zero-order valence-corrected chi connectivity index (χ0v) is 10.7. The number of carboxylic acid groups (broad SMARTS) is 1. The van der Waals surface area contributed by atoms with Gasteiger partial charge in [0, 0.05) is 0 Å². The van der Waals surface area contributed by atoms with Gasteiger partial charge in [0.2, 0.25) is 0 Å². The van der Waals surface area contributed by atoms with E-state index < -0.39 is 12.0 Å². The summed E-state index contributed by atoms with van der Waals surface area (Å²) in [5.41, 5.74) is 2.52. The number of aryl methyl sites for hydroxylation is 1. The van der Waals surface area contributed by atoms with Gasteiger partial charge in [-0.05, 0) is 29.7 Å². The third-order valence-corrected chi connectivity index (χ3v) is 4.25. The first-order valence-electron chi connectivity index (χ1n) is 5.90. The first-order valence-corrected chi connectivity index (χ1v) is 6.95. The average molecular weight is 251 g/mol. The first-order chi connectivity index (χ1) is 8.22. The number of rotatable bonds is 3. The van der Waals surface area contributed by atoms with Crippen LogP contribution in [0.4, 0.5) is 0 Å². The molecule has 3 nitrogen and oxygen atoms in total. The van der Waals surface area contributed by atoms with Gasteiger partial charge in [-0.25, -0.2) is 0 Å². The van der Waals surface area contributed by atoms with Crippen LogP contribution < -0.4 is 5.32 Å². The molecule has 2 atom stereocenters. The van der Waals surface area contributed by atoms with Gasteiger partial charge in [-0.3, -0.25) is 10.1 Å². The molecule has 1 heterocycles. The molecule has 0 aliphatic carbocycles. The fourth-order valence-corrected chi connectivity index (χ4v) is 3.38. The zero-order valence-electron chi connectivity index (χ0n) is 9.85. The van der Waals surface area contributed by atoms with Crippen LogP contribution in [-0.2, 0) is 11.2 Å². The molecular formula is C13H17NO2S. The van der Waals surface area contributed by atoms with Crippen LogP contribution in [0.3, 0.4) is 0 Å². The molecule has 0 aromatic heterocycles. The van der Waals surface area contributed by atoms with E-state index in [0.29, 0.717) is 6.42 Å². The fourth-order valence-electron chi connectivity index (χ4n) is 2.10. The van der Waals surface area contributed by atoms with Crippen molar-refractivity contribution in [3.05, 3.63) is 35.4 Å². The summed E-state index contributed by atoms with van der Waals surface area (Å²) in [7, 11) is 0. The summed E-state index contributed by atoms with van der Waals surface area (Å²) < 4.78 is 0. The minimum absolute atomic E-state index is 0.112. The molecule has 1 saturated heterocycles. The highest BCUT2D eigenvalue weighted by Gasteiger charge is 2.28. The Hall–Kier alpha value is -1.00. The second kappa shape index (κ2) is 5.56. The summed E-state index contributed by atoms with van der Waals surface area (Å²) in [6, 6.07) is 7.84. The van der Waals surface area contributed by atoms with Crippen molar-refractivity contribution >= 4 is 17.7 Å². The van der Waals surface area contributed by atoms with Crippen LogP contribution in [0.1, 0.15) is 29.8 Å². The van der Waals surface area contributed by atoms with E-state index in [2.05, 4.69) is 24.4 Å². The van der Waals surface area contributed by atoms with E-state index >= 15 is 0 Å². The number of hydrogen-bond acceptors (Lipinski definition) is 3. The summed E-state index contributed by atoms with van der Waals surface area (Å²) in [6.07, 6.45) is 1.68. The molecule has 2 rings (SSSR count). The Balaban J connectivity index is 2.18. The molecule has 2 N–H and O–H groups in total. The SMILES string of the molecule is CCc1ccccc1C1NC(C(=O)O)CCS1. The van der Waals surface area contributed by atoms with Crippen LogP contribution in [-0.4, -0.2) is 22.9 Å². The predicted octanol–water partition coefficient (Wildman–Crippen LogP) is 2.43. The van der Waals surface area contributed by atoms with Crippen LogP contribution in [0.15, 0.2) is 24.3 Å². The summed E-state index contributed by atoms with van der Waals surface area (Å²) >= 11 is 1.79. The lowest BCUT2D eigenvalue weighted by Crippen LogP contribution is -2.42. The minimum Gasteiger partial charge on any atom is -0.480 e. The number of hydrogen-bond donors (Lipinski definition) is 2. The van der Waals surface area contributed by atoms with Gasteiger partial charge in [0.1, 0.15) is 6.04 Å². The smallest absolute Gasteiger partial charge is 0.320 e. The van der Waals surface area contributed by atoms with Crippen molar-refractivity contribution in [1.29, 1.82) is 0 Å². The third-order valence-electron chi connectivity index (χ3n) is 3.06. The largest absolute Gasteiger partial charge is 0.480 e. The number of carbonyl (C=O) groups is 1. The van der Waals surface area contributed by atoms with Crippen LogP contribution in [0, 0.1) is 0 Å². The van der Waals surface area contributed by atoms with E-state index in [9.17, 15) is 4.79 Å². The van der Waals surface area contributed by atoms with Crippen molar-refractivity contribution in [3.63, 3.8) is 0 Å². The maximum absolute atomic E-state index is 11.0. The van der Waals surface area contributed by atoms with Crippen LogP contribution in [0.2, 0.25) is 0 Å². The summed E-state index contributed by atoms with van der Waals surface area (Å²) in [6.45, 7) is 2.13. The number of benzene rings is 1. The quantitative estimate of drug-likeness (QED) is 0.866. The Labute approximate surface area is 106 Å². The van der Waals surface area contributed by atoms with Crippen molar-refractivity contribution in [2.45, 2.75) is 31.2 Å². The molecule has 17 heavy (non-hydrogen) atoms. The number of thioether (sulfide) groups is 1. The van der Waals surface area contributed by atoms with Crippen molar-refractivity contribution in [2.24, 2.45) is 0 Å². The van der Waals surface area contributed by atoms with E-state index in [-0.39, 0.29) is 5.37 Å². The summed E-state index contributed by atoms with van der Waals surface area (Å²) in [4.78, 5) is 11.0. The highest BCUT2D eigenvalue weighted by Crippen LogP contribution is 2.33. The standard InChI is InChI=1S/C13H17NO2S/c1-2-9-5-3-4-6-10(9)12-14-11(13(15)16)7-8-17-12/h3-6,11-12,14H,2,7-8H2,1H3,(H,15,16). The van der Waals surface area contributed by atoms with E-state index in [4.69, 9.17) is 5.11 Å². The Bertz CT molecular complexity index is 408. The van der Waals surface area contributed by atoms with Gasteiger partial charge in [-0.1, -0.05) is 31.2 Å². The van der Waals surface area contributed by atoms with Crippen molar-refractivity contribution in [2.75, 3.05) is 5.75 Å². The van der Waals surface area contributed by atoms with E-state index in [1.807, 2.05) is 12.1 Å². The van der Waals surface area contributed by atoms with Crippen LogP contribution in [0.25, 0.3) is 0 Å². The Morgan fingerprint density at radius 3 is 3.00 bits per heavy atom. The number of aliphatic carboxylic acids is 1. The second-order valence-corrected chi connectivity index (χ2v) is 5.36. The minimum atomic E-state index is -0.746. The summed E-state index contributed by atoms with van der Waals surface area (Å²) in [5, 5.41) is 12.4. The van der Waals surface area contributed by atoms with Crippen molar-refractivity contribution < 1.29 is 9.90 Å². The van der Waals surface area contributed by atoms with Gasteiger partial charge in [0.25, 0.3) is 0 Å². The molecule has 0 spiro atoms. The molecule has 1 aromatic rings. The van der Waals surface area contributed by atoms with Gasteiger partial charge in [0.15, 0.2) is 0 Å². The van der Waals surface area contributed by atoms with Crippen molar-refractivity contribution in [3.8, 4) is 0 Å². The van der Waals surface area contributed by atoms with Gasteiger partial charge in [-0.2, -0.15) is 0 Å². The van der Waals surface area contributed by atoms with Gasteiger partial charge in [-0.15, -0.1) is 11.8 Å². The monoisotopic (exact) mass is 251 g/mol. The van der Waals surface area contributed by atoms with Gasteiger partial charge in [0.05, 0.1) is 5.37 Å². The molecular weight excluding hydrogens is 234 g/mol. The Morgan fingerprint density at radius 2 is 2.29 bits per heavy atom. The third kappa shape index (κ3) is 2.82. The maximum atomic E-state index is 11.0. The first kappa shape index (κ1) is 12.5. The highest BCUT2D eigenvalue weighted by molar-refractivity contribution is 7.99. The average Bonchev–Trinajstić information content (AvgIpc) is 2.39. The molecule has 0 radical (unpaired) electrons. The van der Waals surface area contributed by atoms with Crippen LogP contribution in [0.5, 0.6) is 0 Å². The zero-order chi connectivity index (χ0) is 12.3. The predicted molar refractivity (Wildman–Crippen MR) is 70.2 cm³/mol. The fraction of sp³-hybridized carbons (Fsp3) is 0.462. The van der Waals surface area contributed by atoms with Crippen LogP contribution >= 0.6 is 11.8 Å². The molecule has 1 aliphatic heterocycles.